The van der Waals surface area contributed by atoms with Gasteiger partial charge in [0.2, 0.25) is 0 Å². The summed E-state index contributed by atoms with van der Waals surface area (Å²) in [7, 11) is 0. The summed E-state index contributed by atoms with van der Waals surface area (Å²) < 4.78 is 1.66. The number of amides is 2. The Morgan fingerprint density at radius 1 is 1.39 bits per heavy atom. The summed E-state index contributed by atoms with van der Waals surface area (Å²) >= 11 is 0. The van der Waals surface area contributed by atoms with Crippen molar-refractivity contribution in [3.63, 3.8) is 0 Å². The van der Waals surface area contributed by atoms with Gasteiger partial charge in [-0.15, -0.1) is 5.10 Å². The molecule has 3 rings (SSSR count). The van der Waals surface area contributed by atoms with Gasteiger partial charge in [-0.1, -0.05) is 5.21 Å². The molecule has 0 aliphatic carbocycles. The molecule has 0 spiro atoms. The Morgan fingerprint density at radius 2 is 2.17 bits per heavy atom. The van der Waals surface area contributed by atoms with Crippen LogP contribution < -0.4 is 5.32 Å². The average molecular weight is 315 g/mol. The standard InChI is InChI=1S/C16H21N5O2/c1-12(22)13-3-2-9-20(11-13)16(23)18-14-4-6-15(7-5-14)21-10-8-17-19-21/h4-8,10,12-13,22H,2-3,9,11H2,1H3,(H,18,23). The van der Waals surface area contributed by atoms with E-state index in [1.807, 2.05) is 24.3 Å². The van der Waals surface area contributed by atoms with Crippen LogP contribution in [0.25, 0.3) is 5.69 Å². The third-order valence-electron chi connectivity index (χ3n) is 4.23. The summed E-state index contributed by atoms with van der Waals surface area (Å²) in [5, 5.41) is 20.3. The molecule has 1 aliphatic heterocycles. The van der Waals surface area contributed by atoms with E-state index < -0.39 is 0 Å². The third kappa shape index (κ3) is 3.68. The van der Waals surface area contributed by atoms with Gasteiger partial charge in [0.15, 0.2) is 0 Å². The number of benzene rings is 1. The second-order valence-corrected chi connectivity index (χ2v) is 5.91. The first kappa shape index (κ1) is 15.5. The average Bonchev–Trinajstić information content (AvgIpc) is 3.10. The Bertz CT molecular complexity index is 639. The first-order valence-corrected chi connectivity index (χ1v) is 7.84. The maximum Gasteiger partial charge on any atom is 0.321 e. The lowest BCUT2D eigenvalue weighted by molar-refractivity contribution is 0.0766. The highest BCUT2D eigenvalue weighted by atomic mass is 16.3. The number of rotatable bonds is 3. The lowest BCUT2D eigenvalue weighted by atomic mass is 9.94. The Balaban J connectivity index is 1.61. The van der Waals surface area contributed by atoms with Gasteiger partial charge in [0.1, 0.15) is 0 Å². The monoisotopic (exact) mass is 315 g/mol. The Morgan fingerprint density at radius 3 is 2.83 bits per heavy atom. The molecule has 7 heteroatoms. The van der Waals surface area contributed by atoms with Crippen molar-refractivity contribution in [1.82, 2.24) is 19.9 Å². The molecule has 0 bridgehead atoms. The molecule has 2 atom stereocenters. The first-order valence-electron chi connectivity index (χ1n) is 7.84. The van der Waals surface area contributed by atoms with Crippen molar-refractivity contribution in [3.05, 3.63) is 36.7 Å². The second kappa shape index (κ2) is 6.78. The first-order chi connectivity index (χ1) is 11.1. The molecule has 122 valence electrons. The van der Waals surface area contributed by atoms with Crippen LogP contribution in [0.5, 0.6) is 0 Å². The van der Waals surface area contributed by atoms with E-state index in [0.717, 1.165) is 30.8 Å². The SMILES string of the molecule is CC(O)C1CCCN(C(=O)Nc2ccc(-n3ccnn3)cc2)C1. The third-order valence-corrected chi connectivity index (χ3v) is 4.23. The normalized spacial score (nSPS) is 19.4. The van der Waals surface area contributed by atoms with Gasteiger partial charge in [-0.05, 0) is 44.0 Å². The van der Waals surface area contributed by atoms with E-state index in [1.165, 1.54) is 0 Å². The van der Waals surface area contributed by atoms with Gasteiger partial charge < -0.3 is 15.3 Å². The van der Waals surface area contributed by atoms with Gasteiger partial charge in [0, 0.05) is 24.7 Å². The van der Waals surface area contributed by atoms with E-state index in [9.17, 15) is 9.90 Å². The van der Waals surface area contributed by atoms with Crippen LogP contribution in [-0.4, -0.2) is 50.2 Å². The van der Waals surface area contributed by atoms with E-state index in [1.54, 1.807) is 28.9 Å². The molecule has 1 aromatic carbocycles. The maximum absolute atomic E-state index is 12.4. The molecule has 0 radical (unpaired) electrons. The zero-order valence-corrected chi connectivity index (χ0v) is 13.1. The van der Waals surface area contributed by atoms with E-state index in [4.69, 9.17) is 0 Å². The van der Waals surface area contributed by atoms with Gasteiger partial charge >= 0.3 is 6.03 Å². The lowest BCUT2D eigenvalue weighted by Gasteiger charge is -2.34. The number of aromatic nitrogens is 3. The van der Waals surface area contributed by atoms with Gasteiger partial charge in [-0.25, -0.2) is 9.48 Å². The summed E-state index contributed by atoms with van der Waals surface area (Å²) in [6.07, 6.45) is 4.89. The molecule has 23 heavy (non-hydrogen) atoms. The zero-order valence-electron chi connectivity index (χ0n) is 13.1. The Labute approximate surface area is 134 Å². The van der Waals surface area contributed by atoms with E-state index in [-0.39, 0.29) is 18.1 Å². The summed E-state index contributed by atoms with van der Waals surface area (Å²) in [6, 6.07) is 7.30. The fraction of sp³-hybridized carbons (Fsp3) is 0.438. The van der Waals surface area contributed by atoms with Gasteiger partial charge in [-0.3, -0.25) is 0 Å². The predicted octanol–water partition coefficient (Wildman–Crippen LogP) is 1.89. The summed E-state index contributed by atoms with van der Waals surface area (Å²) in [5.74, 6) is 0.157. The number of hydrogen-bond donors (Lipinski definition) is 2. The van der Waals surface area contributed by atoms with Crippen LogP contribution in [0.2, 0.25) is 0 Å². The minimum absolute atomic E-state index is 0.121. The van der Waals surface area contributed by atoms with Crippen LogP contribution in [0.4, 0.5) is 10.5 Å². The van der Waals surface area contributed by atoms with Crippen LogP contribution in [0, 0.1) is 5.92 Å². The van der Waals surface area contributed by atoms with Crippen LogP contribution in [0.3, 0.4) is 0 Å². The molecule has 2 heterocycles. The van der Waals surface area contributed by atoms with Gasteiger partial charge in [-0.2, -0.15) is 0 Å². The number of likely N-dealkylation sites (tertiary alicyclic amines) is 1. The van der Waals surface area contributed by atoms with Crippen molar-refractivity contribution in [2.45, 2.75) is 25.9 Å². The van der Waals surface area contributed by atoms with Gasteiger partial charge in [0.05, 0.1) is 24.2 Å². The van der Waals surface area contributed by atoms with Crippen molar-refractivity contribution in [2.75, 3.05) is 18.4 Å². The molecule has 0 saturated carbocycles. The van der Waals surface area contributed by atoms with E-state index in [0.29, 0.717) is 6.54 Å². The van der Waals surface area contributed by atoms with Crippen molar-refractivity contribution in [3.8, 4) is 5.69 Å². The largest absolute Gasteiger partial charge is 0.393 e. The number of carbonyl (C=O) groups is 1. The molecular weight excluding hydrogens is 294 g/mol. The topological polar surface area (TPSA) is 83.3 Å². The summed E-state index contributed by atoms with van der Waals surface area (Å²) in [4.78, 5) is 14.1. The van der Waals surface area contributed by atoms with Crippen LogP contribution in [0.1, 0.15) is 19.8 Å². The Hall–Kier alpha value is -2.41. The summed E-state index contributed by atoms with van der Waals surface area (Å²) in [5.41, 5.74) is 1.62. The second-order valence-electron chi connectivity index (χ2n) is 5.91. The highest BCUT2D eigenvalue weighted by Crippen LogP contribution is 2.21. The minimum atomic E-state index is -0.382. The number of piperidine rings is 1. The minimum Gasteiger partial charge on any atom is -0.393 e. The van der Waals surface area contributed by atoms with Crippen molar-refractivity contribution < 1.29 is 9.90 Å². The van der Waals surface area contributed by atoms with Crippen molar-refractivity contribution in [2.24, 2.45) is 5.92 Å². The van der Waals surface area contributed by atoms with Crippen molar-refractivity contribution >= 4 is 11.7 Å². The number of hydrogen-bond acceptors (Lipinski definition) is 4. The number of aliphatic hydroxyl groups is 1. The maximum atomic E-state index is 12.4. The molecule has 1 aromatic heterocycles. The number of carbonyl (C=O) groups excluding carboxylic acids is 1. The fourth-order valence-corrected chi connectivity index (χ4v) is 2.83. The smallest absolute Gasteiger partial charge is 0.321 e. The van der Waals surface area contributed by atoms with E-state index in [2.05, 4.69) is 15.6 Å². The van der Waals surface area contributed by atoms with Crippen LogP contribution >= 0.6 is 0 Å². The molecule has 2 amide bonds. The molecule has 1 fully saturated rings. The van der Waals surface area contributed by atoms with E-state index >= 15 is 0 Å². The zero-order chi connectivity index (χ0) is 16.2. The number of aliphatic hydroxyl groups excluding tert-OH is 1. The highest BCUT2D eigenvalue weighted by molar-refractivity contribution is 5.89. The molecule has 2 N–H and O–H groups in total. The summed E-state index contributed by atoms with van der Waals surface area (Å²) in [6.45, 7) is 3.11. The quantitative estimate of drug-likeness (QED) is 0.906. The molecule has 2 aromatic rings. The number of nitrogens with one attached hydrogen (secondary N) is 1. The molecule has 7 nitrogen and oxygen atoms in total. The van der Waals surface area contributed by atoms with Crippen molar-refractivity contribution in [1.29, 1.82) is 0 Å². The van der Waals surface area contributed by atoms with Crippen LogP contribution in [0.15, 0.2) is 36.7 Å². The molecule has 1 saturated heterocycles. The Kier molecular flexibility index (Phi) is 4.57. The van der Waals surface area contributed by atoms with Crippen LogP contribution in [-0.2, 0) is 0 Å². The lowest BCUT2D eigenvalue weighted by Crippen LogP contribution is -2.44. The molecular formula is C16H21N5O2. The number of anilines is 1. The predicted molar refractivity (Wildman–Crippen MR) is 86.4 cm³/mol. The molecule has 1 aliphatic rings. The molecule has 2 unspecified atom stereocenters. The fourth-order valence-electron chi connectivity index (χ4n) is 2.83. The highest BCUT2D eigenvalue weighted by Gasteiger charge is 2.26. The number of nitrogens with zero attached hydrogens (tertiary/aromatic N) is 4. The number of urea groups is 1. The van der Waals surface area contributed by atoms with Gasteiger partial charge in [0.25, 0.3) is 0 Å².